The first-order valence-corrected chi connectivity index (χ1v) is 11.8. The van der Waals surface area contributed by atoms with Crippen molar-refractivity contribution in [1.82, 2.24) is 19.9 Å². The van der Waals surface area contributed by atoms with Gasteiger partial charge in [-0.1, -0.05) is 25.2 Å². The van der Waals surface area contributed by atoms with E-state index in [1.54, 1.807) is 4.90 Å². The molecule has 1 fully saturated rings. The average molecular weight is 443 g/mol. The second-order valence-corrected chi connectivity index (χ2v) is 9.66. The minimum Gasteiger partial charge on any atom is -0.362 e. The second-order valence-electron chi connectivity index (χ2n) is 8.66. The Morgan fingerprint density at radius 1 is 1.23 bits per heavy atom. The molecule has 2 aromatic rings. The van der Waals surface area contributed by atoms with Crippen LogP contribution in [-0.2, 0) is 11.2 Å². The van der Waals surface area contributed by atoms with Crippen molar-refractivity contribution in [2.24, 2.45) is 5.92 Å². The smallest absolute Gasteiger partial charge is 0.266 e. The molecule has 4 heterocycles. The summed E-state index contributed by atoms with van der Waals surface area (Å²) in [6.45, 7) is 12.1. The first kappa shape index (κ1) is 21.7. The lowest BCUT2D eigenvalue weighted by molar-refractivity contribution is -0.117. The van der Waals surface area contributed by atoms with Crippen molar-refractivity contribution in [3.63, 3.8) is 0 Å². The van der Waals surface area contributed by atoms with Gasteiger partial charge in [0.1, 0.15) is 10.7 Å². The molecule has 2 aromatic heterocycles. The predicted octanol–water partition coefficient (Wildman–Crippen LogP) is 3.50. The number of nitrogens with one attached hydrogen (secondary N) is 1. The van der Waals surface area contributed by atoms with E-state index >= 15 is 0 Å². The quantitative estimate of drug-likeness (QED) is 0.736. The summed E-state index contributed by atoms with van der Waals surface area (Å²) in [6, 6.07) is -0.183. The molecule has 2 aliphatic heterocycles. The molecule has 9 heteroatoms. The third-order valence-electron chi connectivity index (χ3n) is 5.77. The number of likely N-dealkylation sites (tertiary alicyclic amines) is 1. The first-order chi connectivity index (χ1) is 14.8. The van der Waals surface area contributed by atoms with E-state index < -0.39 is 0 Å². The van der Waals surface area contributed by atoms with E-state index in [-0.39, 0.29) is 17.9 Å². The molecule has 1 saturated heterocycles. The Morgan fingerprint density at radius 3 is 2.71 bits per heavy atom. The number of hydrogen-bond acceptors (Lipinski definition) is 7. The molecule has 1 N–H and O–H groups in total. The van der Waals surface area contributed by atoms with Crippen molar-refractivity contribution in [2.45, 2.75) is 59.9 Å². The minimum absolute atomic E-state index is 0.0153. The summed E-state index contributed by atoms with van der Waals surface area (Å²) in [7, 11) is 0. The predicted molar refractivity (Wildman–Crippen MR) is 122 cm³/mol. The van der Waals surface area contributed by atoms with Gasteiger partial charge in [0.15, 0.2) is 11.0 Å². The number of anilines is 2. The summed E-state index contributed by atoms with van der Waals surface area (Å²) in [6.07, 6.45) is 2.08. The van der Waals surface area contributed by atoms with Gasteiger partial charge in [-0.15, -0.1) is 0 Å². The molecule has 0 aliphatic carbocycles. The molecular weight excluding hydrogens is 412 g/mol. The van der Waals surface area contributed by atoms with E-state index in [2.05, 4.69) is 24.1 Å². The highest BCUT2D eigenvalue weighted by molar-refractivity contribution is 7.17. The fraction of sp³-hybridized carbons (Fsp3) is 0.591. The maximum absolute atomic E-state index is 13.4. The van der Waals surface area contributed by atoms with E-state index in [1.807, 2.05) is 25.7 Å². The van der Waals surface area contributed by atoms with Gasteiger partial charge in [-0.2, -0.15) is 0 Å². The number of carbonyl (C=O) groups is 2. The van der Waals surface area contributed by atoms with Gasteiger partial charge in [0.25, 0.3) is 5.91 Å². The zero-order chi connectivity index (χ0) is 22.3. The van der Waals surface area contributed by atoms with Crippen LogP contribution in [0.4, 0.5) is 10.9 Å². The molecule has 0 radical (unpaired) electrons. The molecule has 8 nitrogen and oxygen atoms in total. The van der Waals surface area contributed by atoms with Crippen LogP contribution in [0, 0.1) is 19.8 Å². The third kappa shape index (κ3) is 4.03. The van der Waals surface area contributed by atoms with Crippen molar-refractivity contribution < 1.29 is 9.59 Å². The third-order valence-corrected chi connectivity index (χ3v) is 6.88. The van der Waals surface area contributed by atoms with Gasteiger partial charge in [0.2, 0.25) is 5.91 Å². The van der Waals surface area contributed by atoms with Crippen LogP contribution in [0.25, 0.3) is 0 Å². The van der Waals surface area contributed by atoms with Gasteiger partial charge in [-0.05, 0) is 39.5 Å². The van der Waals surface area contributed by atoms with Crippen LogP contribution >= 0.6 is 11.3 Å². The summed E-state index contributed by atoms with van der Waals surface area (Å²) < 4.78 is 0. The molecule has 2 aliphatic rings. The van der Waals surface area contributed by atoms with Gasteiger partial charge < -0.3 is 10.2 Å². The molecule has 0 unspecified atom stereocenters. The number of hydrogen-bond donors (Lipinski definition) is 1. The molecule has 4 rings (SSSR count). The lowest BCUT2D eigenvalue weighted by Crippen LogP contribution is -2.33. The number of aryl methyl sites for hydroxylation is 2. The Balaban J connectivity index is 1.65. The van der Waals surface area contributed by atoms with Gasteiger partial charge >= 0.3 is 0 Å². The molecule has 2 amide bonds. The Kier molecular flexibility index (Phi) is 5.96. The Labute approximate surface area is 187 Å². The fourth-order valence-corrected chi connectivity index (χ4v) is 5.32. The second kappa shape index (κ2) is 8.53. The number of amides is 2. The monoisotopic (exact) mass is 442 g/mol. The molecule has 0 aromatic carbocycles. The van der Waals surface area contributed by atoms with Crippen molar-refractivity contribution >= 4 is 34.1 Å². The van der Waals surface area contributed by atoms with Crippen LogP contribution in [0.1, 0.15) is 72.1 Å². The molecule has 0 bridgehead atoms. The standard InChI is InChI=1S/C22H30N6O2S/c1-6-23-22-25-14(5)18(31-22)21(30)27-9-7-8-16(27)19-24-13(4)15-10-17(29)28(11-12(2)3)20(15)26-19/h12,16H,6-11H2,1-5H3,(H,23,25)/t16-/m1/s1. The van der Waals surface area contributed by atoms with Crippen LogP contribution in [0.5, 0.6) is 0 Å². The Hall–Kier alpha value is -2.55. The summed E-state index contributed by atoms with van der Waals surface area (Å²) in [4.78, 5) is 44.4. The lowest BCUT2D eigenvalue weighted by atomic mass is 10.1. The van der Waals surface area contributed by atoms with Gasteiger partial charge in [-0.3, -0.25) is 14.5 Å². The maximum atomic E-state index is 13.4. The highest BCUT2D eigenvalue weighted by atomic mass is 32.1. The van der Waals surface area contributed by atoms with Gasteiger partial charge in [0.05, 0.1) is 18.2 Å². The highest BCUT2D eigenvalue weighted by Crippen LogP contribution is 2.37. The summed E-state index contributed by atoms with van der Waals surface area (Å²) in [5.41, 5.74) is 2.50. The van der Waals surface area contributed by atoms with Crippen molar-refractivity contribution in [2.75, 3.05) is 29.9 Å². The Morgan fingerprint density at radius 2 is 2.00 bits per heavy atom. The van der Waals surface area contributed by atoms with Crippen molar-refractivity contribution in [1.29, 1.82) is 0 Å². The fourth-order valence-electron chi connectivity index (χ4n) is 4.33. The van der Waals surface area contributed by atoms with E-state index in [1.165, 1.54) is 11.3 Å². The Bertz CT molecular complexity index is 1020. The molecule has 0 spiro atoms. The van der Waals surface area contributed by atoms with E-state index in [0.29, 0.717) is 36.1 Å². The zero-order valence-electron chi connectivity index (χ0n) is 18.9. The van der Waals surface area contributed by atoms with Crippen LogP contribution in [0.2, 0.25) is 0 Å². The topological polar surface area (TPSA) is 91.3 Å². The number of nitrogens with zero attached hydrogens (tertiary/aromatic N) is 5. The van der Waals surface area contributed by atoms with Crippen molar-refractivity contribution in [3.8, 4) is 0 Å². The summed E-state index contributed by atoms with van der Waals surface area (Å²) in [5.74, 6) is 1.77. The number of rotatable bonds is 6. The molecule has 166 valence electrons. The molecular formula is C22H30N6O2S. The van der Waals surface area contributed by atoms with Crippen LogP contribution < -0.4 is 10.2 Å². The average Bonchev–Trinajstić information content (AvgIpc) is 3.40. The molecule has 31 heavy (non-hydrogen) atoms. The molecule has 0 saturated carbocycles. The van der Waals surface area contributed by atoms with Crippen LogP contribution in [0.15, 0.2) is 0 Å². The first-order valence-electron chi connectivity index (χ1n) is 11.0. The summed E-state index contributed by atoms with van der Waals surface area (Å²) >= 11 is 1.40. The van der Waals surface area contributed by atoms with Crippen LogP contribution in [-0.4, -0.2) is 51.3 Å². The normalized spacial score (nSPS) is 18.3. The summed E-state index contributed by atoms with van der Waals surface area (Å²) in [5, 5.41) is 3.96. The van der Waals surface area contributed by atoms with Gasteiger partial charge in [-0.25, -0.2) is 15.0 Å². The van der Waals surface area contributed by atoms with E-state index in [4.69, 9.17) is 9.97 Å². The maximum Gasteiger partial charge on any atom is 0.266 e. The van der Waals surface area contributed by atoms with Crippen LogP contribution in [0.3, 0.4) is 0 Å². The molecule has 1 atom stereocenters. The number of aromatic nitrogens is 3. The number of fused-ring (bicyclic) bond motifs is 1. The van der Waals surface area contributed by atoms with Gasteiger partial charge in [0, 0.05) is 30.9 Å². The van der Waals surface area contributed by atoms with E-state index in [9.17, 15) is 9.59 Å². The zero-order valence-corrected chi connectivity index (χ0v) is 19.7. The lowest BCUT2D eigenvalue weighted by Gasteiger charge is -2.25. The van der Waals surface area contributed by atoms with Crippen molar-refractivity contribution in [3.05, 3.63) is 27.7 Å². The number of carbonyl (C=O) groups excluding carboxylic acids is 2. The SMILES string of the molecule is CCNc1nc(C)c(C(=O)N2CCC[C@@H]2c2nc(C)c3c(n2)N(CC(C)C)C(=O)C3)s1. The number of thiazole rings is 1. The van der Waals surface area contributed by atoms with E-state index in [0.717, 1.165) is 47.3 Å². The largest absolute Gasteiger partial charge is 0.362 e. The minimum atomic E-state index is -0.183. The highest BCUT2D eigenvalue weighted by Gasteiger charge is 2.37.